The van der Waals surface area contributed by atoms with Crippen molar-refractivity contribution >= 4 is 27.3 Å². The zero-order chi connectivity index (χ0) is 19.6. The molecule has 2 aliphatic heterocycles. The molecule has 2 fully saturated rings. The third-order valence-corrected chi connectivity index (χ3v) is 7.20. The highest BCUT2D eigenvalue weighted by Gasteiger charge is 2.33. The van der Waals surface area contributed by atoms with Gasteiger partial charge in [-0.25, -0.2) is 8.42 Å². The second-order valence-electron chi connectivity index (χ2n) is 7.45. The maximum absolute atomic E-state index is 12.5. The molecule has 2 amide bonds. The Labute approximate surface area is 160 Å². The van der Waals surface area contributed by atoms with Crippen LogP contribution >= 0.6 is 0 Å². The topological polar surface area (TPSA) is 78.0 Å². The Bertz CT molecular complexity index is 816. The summed E-state index contributed by atoms with van der Waals surface area (Å²) in [6.45, 7) is 4.70. The van der Waals surface area contributed by atoms with Crippen molar-refractivity contribution in [3.63, 3.8) is 0 Å². The van der Waals surface area contributed by atoms with Crippen LogP contribution < -0.4 is 4.90 Å². The normalized spacial score (nSPS) is 21.9. The molecule has 0 N–H and O–H groups in total. The van der Waals surface area contributed by atoms with E-state index in [4.69, 9.17) is 0 Å². The molecule has 0 saturated carbocycles. The number of benzene rings is 1. The molecule has 148 valence electrons. The van der Waals surface area contributed by atoms with Gasteiger partial charge in [0.15, 0.2) is 9.84 Å². The van der Waals surface area contributed by atoms with Crippen LogP contribution in [0.1, 0.15) is 18.4 Å². The van der Waals surface area contributed by atoms with Gasteiger partial charge in [-0.2, -0.15) is 0 Å². The van der Waals surface area contributed by atoms with Crippen LogP contribution in [0.15, 0.2) is 24.3 Å². The molecule has 2 saturated heterocycles. The molecule has 1 aromatic carbocycles. The van der Waals surface area contributed by atoms with Crippen molar-refractivity contribution in [1.29, 1.82) is 0 Å². The summed E-state index contributed by atoms with van der Waals surface area (Å²) in [6, 6.07) is 7.97. The van der Waals surface area contributed by atoms with Gasteiger partial charge in [-0.05, 0) is 31.0 Å². The molecule has 1 aromatic rings. The SMILES string of the molecule is Cc1cccc(N2CCN(C(=O)CC(=O)N(C)C3CCS(=O)(=O)C3)CC2)c1. The Hall–Kier alpha value is -2.09. The lowest BCUT2D eigenvalue weighted by molar-refractivity contribution is -0.141. The van der Waals surface area contributed by atoms with E-state index in [0.717, 1.165) is 18.8 Å². The predicted octanol–water partition coefficient (Wildman–Crippen LogP) is 0.679. The largest absolute Gasteiger partial charge is 0.368 e. The van der Waals surface area contributed by atoms with Gasteiger partial charge in [0.1, 0.15) is 6.42 Å². The van der Waals surface area contributed by atoms with Crippen LogP contribution in [0, 0.1) is 6.92 Å². The van der Waals surface area contributed by atoms with Gasteiger partial charge in [0, 0.05) is 45.0 Å². The van der Waals surface area contributed by atoms with E-state index in [0.29, 0.717) is 19.5 Å². The Kier molecular flexibility index (Phi) is 5.74. The highest BCUT2D eigenvalue weighted by molar-refractivity contribution is 7.91. The van der Waals surface area contributed by atoms with E-state index in [1.54, 1.807) is 11.9 Å². The molecule has 1 atom stereocenters. The number of rotatable bonds is 4. The minimum absolute atomic E-state index is 0.00139. The third kappa shape index (κ3) is 4.80. The number of nitrogens with zero attached hydrogens (tertiary/aromatic N) is 3. The lowest BCUT2D eigenvalue weighted by Gasteiger charge is -2.36. The van der Waals surface area contributed by atoms with E-state index < -0.39 is 9.84 Å². The number of sulfone groups is 1. The molecule has 0 radical (unpaired) electrons. The lowest BCUT2D eigenvalue weighted by Crippen LogP contribution is -2.50. The molecular formula is C19H27N3O4S. The fraction of sp³-hybridized carbons (Fsp3) is 0.579. The summed E-state index contributed by atoms with van der Waals surface area (Å²) in [5.74, 6) is -0.372. The van der Waals surface area contributed by atoms with Gasteiger partial charge >= 0.3 is 0 Å². The van der Waals surface area contributed by atoms with Crippen molar-refractivity contribution < 1.29 is 18.0 Å². The fourth-order valence-electron chi connectivity index (χ4n) is 3.69. The van der Waals surface area contributed by atoms with Crippen molar-refractivity contribution in [2.24, 2.45) is 0 Å². The van der Waals surface area contributed by atoms with Crippen molar-refractivity contribution in [2.45, 2.75) is 25.8 Å². The zero-order valence-corrected chi connectivity index (χ0v) is 16.7. The number of anilines is 1. The summed E-state index contributed by atoms with van der Waals surface area (Å²) in [5.41, 5.74) is 2.36. The zero-order valence-electron chi connectivity index (χ0n) is 15.9. The fourth-order valence-corrected chi connectivity index (χ4v) is 5.46. The molecule has 0 spiro atoms. The van der Waals surface area contributed by atoms with Crippen LogP contribution in [0.3, 0.4) is 0 Å². The van der Waals surface area contributed by atoms with E-state index in [1.807, 2.05) is 6.07 Å². The summed E-state index contributed by atoms with van der Waals surface area (Å²) in [7, 11) is -1.46. The van der Waals surface area contributed by atoms with Gasteiger partial charge in [0.05, 0.1) is 11.5 Å². The highest BCUT2D eigenvalue weighted by atomic mass is 32.2. The van der Waals surface area contributed by atoms with Crippen molar-refractivity contribution in [2.75, 3.05) is 49.6 Å². The Balaban J connectivity index is 1.50. The van der Waals surface area contributed by atoms with E-state index in [-0.39, 0.29) is 35.8 Å². The highest BCUT2D eigenvalue weighted by Crippen LogP contribution is 2.19. The van der Waals surface area contributed by atoms with Crippen LogP contribution in [0.2, 0.25) is 0 Å². The van der Waals surface area contributed by atoms with Gasteiger partial charge in [-0.15, -0.1) is 0 Å². The molecule has 0 aromatic heterocycles. The first-order valence-corrected chi connectivity index (χ1v) is 11.1. The number of hydrogen-bond acceptors (Lipinski definition) is 5. The Morgan fingerprint density at radius 2 is 1.89 bits per heavy atom. The minimum atomic E-state index is -3.05. The summed E-state index contributed by atoms with van der Waals surface area (Å²) in [5, 5.41) is 0. The maximum atomic E-state index is 12.5. The number of amides is 2. The number of hydrogen-bond donors (Lipinski definition) is 0. The van der Waals surface area contributed by atoms with Gasteiger partial charge < -0.3 is 14.7 Å². The first kappa shape index (κ1) is 19.7. The number of piperazine rings is 1. The molecule has 27 heavy (non-hydrogen) atoms. The quantitative estimate of drug-likeness (QED) is 0.703. The maximum Gasteiger partial charge on any atom is 0.232 e. The summed E-state index contributed by atoms with van der Waals surface area (Å²) in [4.78, 5) is 30.3. The summed E-state index contributed by atoms with van der Waals surface area (Å²) >= 11 is 0. The number of aryl methyl sites for hydroxylation is 1. The average Bonchev–Trinajstić information content (AvgIpc) is 3.01. The Morgan fingerprint density at radius 1 is 1.19 bits per heavy atom. The minimum Gasteiger partial charge on any atom is -0.368 e. The standard InChI is InChI=1S/C19H27N3O4S/c1-15-4-3-5-16(12-15)21-7-9-22(10-8-21)19(24)13-18(23)20(2)17-6-11-27(25,26)14-17/h3-5,12,17H,6-11,13-14H2,1-2H3. The molecule has 3 rings (SSSR count). The molecular weight excluding hydrogens is 366 g/mol. The van der Waals surface area contributed by atoms with Crippen LogP contribution in [0.25, 0.3) is 0 Å². The summed E-state index contributed by atoms with van der Waals surface area (Å²) < 4.78 is 23.2. The first-order chi connectivity index (χ1) is 12.7. The smallest absolute Gasteiger partial charge is 0.232 e. The van der Waals surface area contributed by atoms with Crippen LogP contribution in [-0.2, 0) is 19.4 Å². The van der Waals surface area contributed by atoms with E-state index in [1.165, 1.54) is 10.5 Å². The molecule has 0 aliphatic carbocycles. The number of carbonyl (C=O) groups excluding carboxylic acids is 2. The van der Waals surface area contributed by atoms with Crippen molar-refractivity contribution in [3.05, 3.63) is 29.8 Å². The molecule has 1 unspecified atom stereocenters. The van der Waals surface area contributed by atoms with Crippen LogP contribution in [0.5, 0.6) is 0 Å². The van der Waals surface area contributed by atoms with Crippen molar-refractivity contribution in [1.82, 2.24) is 9.80 Å². The average molecular weight is 394 g/mol. The molecule has 7 nitrogen and oxygen atoms in total. The van der Waals surface area contributed by atoms with Crippen LogP contribution in [-0.4, -0.2) is 80.8 Å². The van der Waals surface area contributed by atoms with Crippen molar-refractivity contribution in [3.8, 4) is 0 Å². The lowest BCUT2D eigenvalue weighted by atomic mass is 10.2. The van der Waals surface area contributed by atoms with Gasteiger partial charge in [0.2, 0.25) is 11.8 Å². The van der Waals surface area contributed by atoms with Gasteiger partial charge in [-0.3, -0.25) is 9.59 Å². The number of carbonyl (C=O) groups is 2. The van der Waals surface area contributed by atoms with E-state index >= 15 is 0 Å². The van der Waals surface area contributed by atoms with E-state index in [2.05, 4.69) is 30.0 Å². The monoisotopic (exact) mass is 393 g/mol. The molecule has 0 bridgehead atoms. The molecule has 8 heteroatoms. The van der Waals surface area contributed by atoms with Gasteiger partial charge in [-0.1, -0.05) is 12.1 Å². The summed E-state index contributed by atoms with van der Waals surface area (Å²) in [6.07, 6.45) is 0.255. The van der Waals surface area contributed by atoms with E-state index in [9.17, 15) is 18.0 Å². The first-order valence-electron chi connectivity index (χ1n) is 9.31. The van der Waals surface area contributed by atoms with Crippen LogP contribution in [0.4, 0.5) is 5.69 Å². The van der Waals surface area contributed by atoms with Gasteiger partial charge in [0.25, 0.3) is 0 Å². The third-order valence-electron chi connectivity index (χ3n) is 5.45. The molecule has 2 aliphatic rings. The molecule has 2 heterocycles. The second kappa shape index (κ2) is 7.88. The predicted molar refractivity (Wildman–Crippen MR) is 104 cm³/mol. The second-order valence-corrected chi connectivity index (χ2v) is 9.67. The Morgan fingerprint density at radius 3 is 2.48 bits per heavy atom.